The maximum Gasteiger partial charge on any atom is 0.490 e. The van der Waals surface area contributed by atoms with Gasteiger partial charge in [0.15, 0.2) is 0 Å². The molecule has 0 saturated heterocycles. The minimum Gasteiger partial charge on any atom is -0.475 e. The Morgan fingerprint density at radius 3 is 1.09 bits per heavy atom. The van der Waals surface area contributed by atoms with Crippen LogP contribution in [0.2, 0.25) is 0 Å². The second-order valence-corrected chi connectivity index (χ2v) is 4.40. The Bertz CT molecular complexity index is 335. The van der Waals surface area contributed by atoms with Gasteiger partial charge in [0.2, 0.25) is 0 Å². The molecule has 0 aromatic heterocycles. The third-order valence-corrected chi connectivity index (χ3v) is 2.27. The van der Waals surface area contributed by atoms with E-state index in [1.54, 1.807) is 0 Å². The molecule has 0 unspecified atom stereocenters. The van der Waals surface area contributed by atoms with E-state index in [0.717, 1.165) is 12.8 Å². The van der Waals surface area contributed by atoms with Gasteiger partial charge in [-0.1, -0.05) is 19.3 Å². The highest BCUT2D eigenvalue weighted by Gasteiger charge is 2.38. The molecule has 1 aliphatic carbocycles. The van der Waals surface area contributed by atoms with Gasteiger partial charge >= 0.3 is 24.3 Å². The van der Waals surface area contributed by atoms with Gasteiger partial charge in [-0.2, -0.15) is 26.3 Å². The van der Waals surface area contributed by atoms with Crippen LogP contribution in [0.1, 0.15) is 32.1 Å². The van der Waals surface area contributed by atoms with Gasteiger partial charge in [-0.25, -0.2) is 9.59 Å². The van der Waals surface area contributed by atoms with Crippen LogP contribution in [0.5, 0.6) is 0 Å². The van der Waals surface area contributed by atoms with Crippen LogP contribution >= 0.6 is 0 Å². The van der Waals surface area contributed by atoms with Crippen LogP contribution in [-0.2, 0) is 9.59 Å². The van der Waals surface area contributed by atoms with Crippen LogP contribution in [0.25, 0.3) is 0 Å². The molecule has 1 saturated carbocycles. The monoisotopic (exact) mass is 342 g/mol. The molecule has 0 aromatic rings. The fourth-order valence-electron chi connectivity index (χ4n) is 1.21. The molecular formula is C10H16F6N2O4. The molecule has 0 radical (unpaired) electrons. The number of carboxylic acids is 2. The minimum atomic E-state index is -5.08. The first-order chi connectivity index (χ1) is 9.59. The summed E-state index contributed by atoms with van der Waals surface area (Å²) in [6, 6.07) is 0. The summed E-state index contributed by atoms with van der Waals surface area (Å²) in [5, 5.41) is 14.2. The molecule has 0 aromatic carbocycles. The quantitative estimate of drug-likeness (QED) is 0.393. The number of hydrogen-bond donors (Lipinski definition) is 4. The number of aliphatic carboxylic acids is 2. The lowest BCUT2D eigenvalue weighted by Crippen LogP contribution is -2.50. The van der Waals surface area contributed by atoms with E-state index in [0.29, 0.717) is 0 Å². The molecule has 0 bridgehead atoms. The lowest BCUT2D eigenvalue weighted by Gasteiger charge is -2.28. The van der Waals surface area contributed by atoms with E-state index in [1.807, 2.05) is 0 Å². The SMILES string of the molecule is NC1(N)CCCCC1.O=C(O)C(F)(F)F.O=C(O)C(F)(F)F. The highest BCUT2D eigenvalue weighted by molar-refractivity contribution is 5.73. The molecule has 22 heavy (non-hydrogen) atoms. The summed E-state index contributed by atoms with van der Waals surface area (Å²) in [5.41, 5.74) is 11.0. The van der Waals surface area contributed by atoms with Crippen LogP contribution in [0.4, 0.5) is 26.3 Å². The molecule has 0 amide bonds. The first kappa shape index (κ1) is 22.7. The largest absolute Gasteiger partial charge is 0.490 e. The lowest BCUT2D eigenvalue weighted by molar-refractivity contribution is -0.193. The molecule has 1 aliphatic rings. The van der Waals surface area contributed by atoms with Crippen LogP contribution in [0.3, 0.4) is 0 Å². The Morgan fingerprint density at radius 2 is 1.00 bits per heavy atom. The third kappa shape index (κ3) is 13.4. The second kappa shape index (κ2) is 8.78. The highest BCUT2D eigenvalue weighted by Crippen LogP contribution is 2.20. The van der Waals surface area contributed by atoms with E-state index < -0.39 is 24.3 Å². The number of carboxylic acid groups (broad SMARTS) is 2. The first-order valence-corrected chi connectivity index (χ1v) is 5.77. The molecule has 1 fully saturated rings. The van der Waals surface area contributed by atoms with Gasteiger partial charge in [-0.05, 0) is 12.8 Å². The van der Waals surface area contributed by atoms with Gasteiger partial charge < -0.3 is 21.7 Å². The summed E-state index contributed by atoms with van der Waals surface area (Å²) < 4.78 is 63.5. The van der Waals surface area contributed by atoms with Crippen molar-refractivity contribution in [2.24, 2.45) is 11.5 Å². The molecule has 0 atom stereocenters. The van der Waals surface area contributed by atoms with Crippen molar-refractivity contribution in [3.05, 3.63) is 0 Å². The number of hydrogen-bond acceptors (Lipinski definition) is 4. The van der Waals surface area contributed by atoms with Gasteiger partial charge in [0.25, 0.3) is 0 Å². The number of rotatable bonds is 0. The average molecular weight is 342 g/mol. The van der Waals surface area contributed by atoms with Gasteiger partial charge in [0, 0.05) is 0 Å². The van der Waals surface area contributed by atoms with E-state index in [4.69, 9.17) is 31.3 Å². The van der Waals surface area contributed by atoms with E-state index in [2.05, 4.69) is 0 Å². The molecule has 0 heterocycles. The summed E-state index contributed by atoms with van der Waals surface area (Å²) in [4.78, 5) is 17.8. The van der Waals surface area contributed by atoms with Gasteiger partial charge in [0.1, 0.15) is 0 Å². The molecule has 132 valence electrons. The molecule has 6 N–H and O–H groups in total. The van der Waals surface area contributed by atoms with Crippen molar-refractivity contribution >= 4 is 11.9 Å². The van der Waals surface area contributed by atoms with Gasteiger partial charge in [-0.3, -0.25) is 0 Å². The number of halogens is 6. The van der Waals surface area contributed by atoms with E-state index >= 15 is 0 Å². The van der Waals surface area contributed by atoms with E-state index in [-0.39, 0.29) is 5.66 Å². The molecular weight excluding hydrogens is 326 g/mol. The van der Waals surface area contributed by atoms with Crippen molar-refractivity contribution in [2.75, 3.05) is 0 Å². The van der Waals surface area contributed by atoms with Crippen molar-refractivity contribution in [1.82, 2.24) is 0 Å². The number of nitrogens with two attached hydrogens (primary N) is 2. The van der Waals surface area contributed by atoms with Crippen molar-refractivity contribution in [1.29, 1.82) is 0 Å². The predicted molar refractivity (Wildman–Crippen MR) is 61.6 cm³/mol. The smallest absolute Gasteiger partial charge is 0.475 e. The fourth-order valence-corrected chi connectivity index (χ4v) is 1.21. The zero-order chi connectivity index (χ0) is 18.2. The van der Waals surface area contributed by atoms with Crippen molar-refractivity contribution < 1.29 is 46.1 Å². The van der Waals surface area contributed by atoms with Crippen LogP contribution in [0.15, 0.2) is 0 Å². The molecule has 0 aliphatic heterocycles. The summed E-state index contributed by atoms with van der Waals surface area (Å²) in [6.07, 6.45) is -4.41. The Morgan fingerprint density at radius 1 is 0.773 bits per heavy atom. The van der Waals surface area contributed by atoms with Crippen molar-refractivity contribution in [3.63, 3.8) is 0 Å². The standard InChI is InChI=1S/C6H14N2.2C2HF3O2/c7-6(8)4-2-1-3-5-6;2*3-2(4,5)1(6)7/h1-5,7-8H2;2*(H,6,7). The van der Waals surface area contributed by atoms with Crippen LogP contribution in [0, 0.1) is 0 Å². The van der Waals surface area contributed by atoms with E-state index in [1.165, 1.54) is 19.3 Å². The lowest BCUT2D eigenvalue weighted by atomic mass is 9.91. The molecule has 6 nitrogen and oxygen atoms in total. The fraction of sp³-hybridized carbons (Fsp3) is 0.800. The minimum absolute atomic E-state index is 0.321. The predicted octanol–water partition coefficient (Wildman–Crippen LogP) is 1.83. The summed E-state index contributed by atoms with van der Waals surface area (Å²) in [5.74, 6) is -5.51. The number of carbonyl (C=O) groups is 2. The topological polar surface area (TPSA) is 127 Å². The Balaban J connectivity index is 0. The van der Waals surface area contributed by atoms with Crippen LogP contribution in [-0.4, -0.2) is 40.2 Å². The van der Waals surface area contributed by atoms with Crippen molar-refractivity contribution in [2.45, 2.75) is 50.1 Å². The van der Waals surface area contributed by atoms with Gasteiger partial charge in [0.05, 0.1) is 5.66 Å². The zero-order valence-corrected chi connectivity index (χ0v) is 11.2. The number of alkyl halides is 6. The van der Waals surface area contributed by atoms with Crippen LogP contribution < -0.4 is 11.5 Å². The summed E-state index contributed by atoms with van der Waals surface area (Å²) in [7, 11) is 0. The van der Waals surface area contributed by atoms with Crippen molar-refractivity contribution in [3.8, 4) is 0 Å². The van der Waals surface area contributed by atoms with E-state index in [9.17, 15) is 26.3 Å². The molecule has 12 heteroatoms. The third-order valence-electron chi connectivity index (χ3n) is 2.27. The Kier molecular flexibility index (Phi) is 9.07. The normalized spacial score (nSPS) is 17.3. The Hall–Kier alpha value is -1.56. The zero-order valence-electron chi connectivity index (χ0n) is 11.2. The maximum absolute atomic E-state index is 10.6. The first-order valence-electron chi connectivity index (χ1n) is 5.77. The molecule has 0 spiro atoms. The maximum atomic E-state index is 10.6. The highest BCUT2D eigenvalue weighted by atomic mass is 19.4. The van der Waals surface area contributed by atoms with Gasteiger partial charge in [-0.15, -0.1) is 0 Å². The molecule has 1 rings (SSSR count). The summed E-state index contributed by atoms with van der Waals surface area (Å²) in [6.45, 7) is 0. The average Bonchev–Trinajstić information content (AvgIpc) is 2.27. The second-order valence-electron chi connectivity index (χ2n) is 4.40. The Labute approximate surface area is 121 Å². The summed E-state index contributed by atoms with van der Waals surface area (Å²) >= 11 is 0.